The summed E-state index contributed by atoms with van der Waals surface area (Å²) in [6, 6.07) is 7.52. The Morgan fingerprint density at radius 1 is 1.25 bits per heavy atom. The van der Waals surface area contributed by atoms with E-state index in [9.17, 15) is 14.4 Å². The molecule has 104 valence electrons. The lowest BCUT2D eigenvalue weighted by molar-refractivity contribution is -0.126. The zero-order valence-electron chi connectivity index (χ0n) is 10.8. The maximum Gasteiger partial charge on any atom is 0.251 e. The number of benzene rings is 1. The van der Waals surface area contributed by atoms with Crippen molar-refractivity contribution in [1.82, 2.24) is 10.6 Å². The van der Waals surface area contributed by atoms with Crippen LogP contribution in [0.1, 0.15) is 16.8 Å². The van der Waals surface area contributed by atoms with E-state index in [-0.39, 0.29) is 18.9 Å². The first-order valence-corrected chi connectivity index (χ1v) is 5.90. The fraction of sp³-hybridized carbons (Fsp3) is 0.214. The Kier molecular flexibility index (Phi) is 5.78. The van der Waals surface area contributed by atoms with Crippen molar-refractivity contribution in [3.63, 3.8) is 0 Å². The van der Waals surface area contributed by atoms with Gasteiger partial charge in [0.05, 0.1) is 6.54 Å². The average molecular weight is 273 g/mol. The van der Waals surface area contributed by atoms with Crippen LogP contribution in [-0.2, 0) is 9.59 Å². The predicted octanol–water partition coefficient (Wildman–Crippen LogP) is -0.590. The molecule has 0 saturated carbocycles. The minimum Gasteiger partial charge on any atom is -0.368 e. The molecule has 0 spiro atoms. The molecule has 3 amide bonds. The van der Waals surface area contributed by atoms with E-state index in [1.165, 1.54) is 0 Å². The molecule has 1 rings (SSSR count). The second kappa shape index (κ2) is 7.59. The Bertz CT molecular complexity index is 534. The Hall–Kier alpha value is -2.81. The molecular weight excluding hydrogens is 258 g/mol. The normalized spacial score (nSPS) is 10.9. The SMILES string of the molecule is C#CC[C@H](NC(=O)CNC(=O)c1ccccc1)C(N)=O. The van der Waals surface area contributed by atoms with Gasteiger partial charge < -0.3 is 16.4 Å². The quantitative estimate of drug-likeness (QED) is 0.604. The summed E-state index contributed by atoms with van der Waals surface area (Å²) in [4.78, 5) is 34.3. The van der Waals surface area contributed by atoms with Gasteiger partial charge in [0.15, 0.2) is 0 Å². The lowest BCUT2D eigenvalue weighted by atomic mass is 10.2. The summed E-state index contributed by atoms with van der Waals surface area (Å²) >= 11 is 0. The topological polar surface area (TPSA) is 101 Å². The predicted molar refractivity (Wildman–Crippen MR) is 73.4 cm³/mol. The number of nitrogens with one attached hydrogen (secondary N) is 2. The highest BCUT2D eigenvalue weighted by atomic mass is 16.2. The summed E-state index contributed by atoms with van der Waals surface area (Å²) in [7, 11) is 0. The van der Waals surface area contributed by atoms with Gasteiger partial charge in [-0.25, -0.2) is 0 Å². The molecule has 1 atom stereocenters. The van der Waals surface area contributed by atoms with Crippen LogP contribution >= 0.6 is 0 Å². The summed E-state index contributed by atoms with van der Waals surface area (Å²) in [5, 5.41) is 4.78. The van der Waals surface area contributed by atoms with Gasteiger partial charge in [-0.3, -0.25) is 14.4 Å². The maximum atomic E-state index is 11.7. The first-order chi connectivity index (χ1) is 9.54. The lowest BCUT2D eigenvalue weighted by Gasteiger charge is -2.13. The summed E-state index contributed by atoms with van der Waals surface area (Å²) in [6.45, 7) is -0.262. The van der Waals surface area contributed by atoms with Crippen molar-refractivity contribution in [1.29, 1.82) is 0 Å². The number of carbonyl (C=O) groups is 3. The minimum atomic E-state index is -0.930. The summed E-state index contributed by atoms with van der Waals surface area (Å²) in [5.74, 6) is 0.610. The van der Waals surface area contributed by atoms with E-state index in [0.717, 1.165) is 0 Å². The molecule has 0 unspecified atom stereocenters. The van der Waals surface area contributed by atoms with E-state index in [4.69, 9.17) is 12.2 Å². The van der Waals surface area contributed by atoms with E-state index >= 15 is 0 Å². The Morgan fingerprint density at radius 2 is 1.90 bits per heavy atom. The molecule has 0 aliphatic heterocycles. The molecule has 6 heteroatoms. The van der Waals surface area contributed by atoms with Crippen LogP contribution < -0.4 is 16.4 Å². The van der Waals surface area contributed by atoms with Crippen LogP contribution in [0, 0.1) is 12.3 Å². The fourth-order valence-corrected chi connectivity index (χ4v) is 1.44. The van der Waals surface area contributed by atoms with Gasteiger partial charge in [-0.15, -0.1) is 12.3 Å². The molecule has 0 heterocycles. The van der Waals surface area contributed by atoms with E-state index in [1.54, 1.807) is 30.3 Å². The Labute approximate surface area is 116 Å². The zero-order chi connectivity index (χ0) is 15.0. The molecule has 4 N–H and O–H groups in total. The molecule has 1 aromatic rings. The second-order valence-corrected chi connectivity index (χ2v) is 3.98. The summed E-state index contributed by atoms with van der Waals surface area (Å²) in [5.41, 5.74) is 5.52. The number of hydrogen-bond donors (Lipinski definition) is 3. The fourth-order valence-electron chi connectivity index (χ4n) is 1.44. The average Bonchev–Trinajstić information content (AvgIpc) is 2.45. The van der Waals surface area contributed by atoms with E-state index in [1.807, 2.05) is 0 Å². The van der Waals surface area contributed by atoms with Crippen LogP contribution in [0.15, 0.2) is 30.3 Å². The number of nitrogens with two attached hydrogens (primary N) is 1. The second-order valence-electron chi connectivity index (χ2n) is 3.98. The molecule has 20 heavy (non-hydrogen) atoms. The Balaban J connectivity index is 2.46. The number of primary amides is 1. The third kappa shape index (κ3) is 4.82. The van der Waals surface area contributed by atoms with Gasteiger partial charge in [-0.1, -0.05) is 18.2 Å². The van der Waals surface area contributed by atoms with Crippen molar-refractivity contribution in [3.05, 3.63) is 35.9 Å². The molecular formula is C14H15N3O3. The molecule has 0 aliphatic carbocycles. The number of hydrogen-bond acceptors (Lipinski definition) is 3. The van der Waals surface area contributed by atoms with Crippen LogP contribution in [0.5, 0.6) is 0 Å². The van der Waals surface area contributed by atoms with Crippen LogP contribution in [0.3, 0.4) is 0 Å². The molecule has 6 nitrogen and oxygen atoms in total. The van der Waals surface area contributed by atoms with Crippen LogP contribution in [-0.4, -0.2) is 30.3 Å². The standard InChI is InChI=1S/C14H15N3O3/c1-2-6-11(13(15)19)17-12(18)9-16-14(20)10-7-4-3-5-8-10/h1,3-5,7-8,11H,6,9H2,(H2,15,19)(H,16,20)(H,17,18)/t11-/m0/s1. The van der Waals surface area contributed by atoms with Crippen molar-refractivity contribution >= 4 is 17.7 Å². The highest BCUT2D eigenvalue weighted by molar-refractivity contribution is 5.97. The van der Waals surface area contributed by atoms with E-state index in [2.05, 4.69) is 16.6 Å². The van der Waals surface area contributed by atoms with Crippen molar-refractivity contribution < 1.29 is 14.4 Å². The van der Waals surface area contributed by atoms with Crippen LogP contribution in [0.4, 0.5) is 0 Å². The molecule has 0 saturated heterocycles. The number of rotatable bonds is 6. The minimum absolute atomic E-state index is 0.00764. The molecule has 0 aliphatic rings. The van der Waals surface area contributed by atoms with Crippen molar-refractivity contribution in [3.8, 4) is 12.3 Å². The van der Waals surface area contributed by atoms with Gasteiger partial charge in [0, 0.05) is 12.0 Å². The van der Waals surface area contributed by atoms with Gasteiger partial charge >= 0.3 is 0 Å². The number of terminal acetylenes is 1. The molecule has 0 fully saturated rings. The van der Waals surface area contributed by atoms with Crippen molar-refractivity contribution in [2.75, 3.05) is 6.54 Å². The zero-order valence-corrected chi connectivity index (χ0v) is 10.8. The maximum absolute atomic E-state index is 11.7. The molecule has 0 bridgehead atoms. The third-order valence-electron chi connectivity index (χ3n) is 2.45. The van der Waals surface area contributed by atoms with Gasteiger partial charge in [0.1, 0.15) is 6.04 Å². The van der Waals surface area contributed by atoms with Crippen LogP contribution in [0.25, 0.3) is 0 Å². The summed E-state index contributed by atoms with van der Waals surface area (Å²) < 4.78 is 0. The van der Waals surface area contributed by atoms with Gasteiger partial charge in [-0.2, -0.15) is 0 Å². The third-order valence-corrected chi connectivity index (χ3v) is 2.45. The summed E-state index contributed by atoms with van der Waals surface area (Å²) in [6.07, 6.45) is 5.07. The first kappa shape index (κ1) is 15.2. The highest BCUT2D eigenvalue weighted by Gasteiger charge is 2.17. The lowest BCUT2D eigenvalue weighted by Crippen LogP contribution is -2.47. The molecule has 0 radical (unpaired) electrons. The van der Waals surface area contributed by atoms with E-state index in [0.29, 0.717) is 5.56 Å². The van der Waals surface area contributed by atoms with Gasteiger partial charge in [0.2, 0.25) is 11.8 Å². The highest BCUT2D eigenvalue weighted by Crippen LogP contribution is 1.97. The number of carbonyl (C=O) groups excluding carboxylic acids is 3. The van der Waals surface area contributed by atoms with Crippen LogP contribution in [0.2, 0.25) is 0 Å². The molecule has 0 aromatic heterocycles. The molecule has 1 aromatic carbocycles. The van der Waals surface area contributed by atoms with Crippen molar-refractivity contribution in [2.24, 2.45) is 5.73 Å². The van der Waals surface area contributed by atoms with Gasteiger partial charge in [0.25, 0.3) is 5.91 Å². The number of amides is 3. The smallest absolute Gasteiger partial charge is 0.251 e. The Morgan fingerprint density at radius 3 is 2.45 bits per heavy atom. The first-order valence-electron chi connectivity index (χ1n) is 5.90. The van der Waals surface area contributed by atoms with Gasteiger partial charge in [-0.05, 0) is 12.1 Å². The monoisotopic (exact) mass is 273 g/mol. The van der Waals surface area contributed by atoms with E-state index < -0.39 is 17.9 Å². The van der Waals surface area contributed by atoms with Crippen molar-refractivity contribution in [2.45, 2.75) is 12.5 Å². The largest absolute Gasteiger partial charge is 0.368 e.